The third-order valence-corrected chi connectivity index (χ3v) is 4.90. The molecule has 7 nitrogen and oxygen atoms in total. The normalized spacial score (nSPS) is 15.1. The van der Waals surface area contributed by atoms with E-state index in [0.717, 1.165) is 5.76 Å². The van der Waals surface area contributed by atoms with Crippen LogP contribution in [0.3, 0.4) is 0 Å². The number of amides is 1. The molecule has 0 atom stereocenters. The summed E-state index contributed by atoms with van der Waals surface area (Å²) < 4.78 is 5.55. The fourth-order valence-corrected chi connectivity index (χ4v) is 3.39. The second-order valence-electron chi connectivity index (χ2n) is 6.75. The van der Waals surface area contributed by atoms with Crippen molar-refractivity contribution in [3.8, 4) is 11.5 Å². The van der Waals surface area contributed by atoms with Crippen LogP contribution in [0.25, 0.3) is 11.5 Å². The van der Waals surface area contributed by atoms with Gasteiger partial charge >= 0.3 is 0 Å². The fraction of sp³-hybridized carbons (Fsp3) is 0.300. The zero-order chi connectivity index (χ0) is 18.8. The molecule has 4 heterocycles. The van der Waals surface area contributed by atoms with Crippen molar-refractivity contribution in [2.24, 2.45) is 5.92 Å². The van der Waals surface area contributed by atoms with Gasteiger partial charge in [0.2, 0.25) is 0 Å². The smallest absolute Gasteiger partial charge is 0.274 e. The van der Waals surface area contributed by atoms with Gasteiger partial charge in [-0.05, 0) is 44.0 Å². The van der Waals surface area contributed by atoms with E-state index in [2.05, 4.69) is 15.2 Å². The minimum absolute atomic E-state index is 0.0703. The van der Waals surface area contributed by atoms with Crippen molar-refractivity contribution in [2.75, 3.05) is 13.1 Å². The minimum Gasteiger partial charge on any atom is -0.460 e. The number of aromatic amines is 1. The van der Waals surface area contributed by atoms with E-state index in [9.17, 15) is 9.59 Å². The summed E-state index contributed by atoms with van der Waals surface area (Å²) in [7, 11) is 0. The summed E-state index contributed by atoms with van der Waals surface area (Å²) in [5, 5.41) is 6.98. The molecular formula is C20H20N4O3. The van der Waals surface area contributed by atoms with Crippen molar-refractivity contribution in [1.82, 2.24) is 20.1 Å². The van der Waals surface area contributed by atoms with Gasteiger partial charge in [0.15, 0.2) is 17.2 Å². The summed E-state index contributed by atoms with van der Waals surface area (Å²) in [6.07, 6.45) is 4.55. The molecule has 4 rings (SSSR count). The molecule has 0 aliphatic carbocycles. The Labute approximate surface area is 156 Å². The molecule has 0 spiro atoms. The Bertz CT molecular complexity index is 953. The highest BCUT2D eigenvalue weighted by atomic mass is 16.3. The summed E-state index contributed by atoms with van der Waals surface area (Å²) in [4.78, 5) is 31.0. The first-order valence-electron chi connectivity index (χ1n) is 8.97. The third-order valence-electron chi connectivity index (χ3n) is 4.90. The quantitative estimate of drug-likeness (QED) is 0.718. The van der Waals surface area contributed by atoms with Crippen LogP contribution in [0, 0.1) is 12.8 Å². The number of aromatic nitrogens is 3. The molecule has 1 amide bonds. The van der Waals surface area contributed by atoms with E-state index in [1.54, 1.807) is 35.5 Å². The van der Waals surface area contributed by atoms with E-state index in [-0.39, 0.29) is 17.6 Å². The number of carbonyl (C=O) groups is 2. The van der Waals surface area contributed by atoms with Gasteiger partial charge < -0.3 is 9.32 Å². The first kappa shape index (κ1) is 17.2. The average molecular weight is 364 g/mol. The summed E-state index contributed by atoms with van der Waals surface area (Å²) in [5.41, 5.74) is 1.66. The molecule has 1 aliphatic rings. The summed E-state index contributed by atoms with van der Waals surface area (Å²) in [5.74, 6) is 1.35. The van der Waals surface area contributed by atoms with Gasteiger partial charge in [-0.2, -0.15) is 5.10 Å². The number of carbonyl (C=O) groups excluding carboxylic acids is 2. The highest BCUT2D eigenvalue weighted by molar-refractivity contribution is 5.98. The highest BCUT2D eigenvalue weighted by Gasteiger charge is 2.29. The number of nitrogens with one attached hydrogen (secondary N) is 1. The van der Waals surface area contributed by atoms with Crippen LogP contribution in [0.4, 0.5) is 0 Å². The molecule has 3 aromatic rings. The van der Waals surface area contributed by atoms with Gasteiger partial charge in [0.05, 0.1) is 0 Å². The third kappa shape index (κ3) is 3.53. The van der Waals surface area contributed by atoms with Crippen LogP contribution in [0.15, 0.2) is 47.1 Å². The average Bonchev–Trinajstić information content (AvgIpc) is 3.37. The van der Waals surface area contributed by atoms with Crippen molar-refractivity contribution in [1.29, 1.82) is 0 Å². The summed E-state index contributed by atoms with van der Waals surface area (Å²) in [6, 6.07) is 8.96. The van der Waals surface area contributed by atoms with Crippen LogP contribution in [-0.4, -0.2) is 44.9 Å². The van der Waals surface area contributed by atoms with Crippen LogP contribution < -0.4 is 0 Å². The molecule has 0 radical (unpaired) electrons. The number of nitrogens with zero attached hydrogens (tertiary/aromatic N) is 3. The number of Topliss-reactive ketones (excluding diaryl/α,β-unsaturated/α-hetero) is 1. The van der Waals surface area contributed by atoms with Crippen LogP contribution in [0.5, 0.6) is 0 Å². The Morgan fingerprint density at radius 1 is 1.22 bits per heavy atom. The Hall–Kier alpha value is -3.22. The minimum atomic E-state index is -0.131. The molecule has 0 unspecified atom stereocenters. The SMILES string of the molecule is Cc1ccc(-c2cc(C(=O)N3CCC(C(=O)c4cccnc4)CC3)n[nH]2)o1. The van der Waals surface area contributed by atoms with Crippen molar-refractivity contribution < 1.29 is 14.0 Å². The van der Waals surface area contributed by atoms with Crippen LogP contribution in [0.2, 0.25) is 0 Å². The highest BCUT2D eigenvalue weighted by Crippen LogP contribution is 2.24. The first-order valence-corrected chi connectivity index (χ1v) is 8.97. The zero-order valence-corrected chi connectivity index (χ0v) is 15.0. The second kappa shape index (κ2) is 7.19. The van der Waals surface area contributed by atoms with E-state index in [0.29, 0.717) is 48.6 Å². The maximum absolute atomic E-state index is 12.7. The number of rotatable bonds is 4. The number of pyridine rings is 1. The predicted molar refractivity (Wildman–Crippen MR) is 98.2 cm³/mol. The Morgan fingerprint density at radius 3 is 2.70 bits per heavy atom. The van der Waals surface area contributed by atoms with Gasteiger partial charge in [-0.1, -0.05) is 0 Å². The Morgan fingerprint density at radius 2 is 2.04 bits per heavy atom. The lowest BCUT2D eigenvalue weighted by Gasteiger charge is -2.30. The molecule has 7 heteroatoms. The van der Waals surface area contributed by atoms with E-state index in [4.69, 9.17) is 4.42 Å². The number of piperidine rings is 1. The maximum atomic E-state index is 12.7. The Kier molecular flexibility index (Phi) is 4.58. The summed E-state index contributed by atoms with van der Waals surface area (Å²) in [6.45, 7) is 2.94. The van der Waals surface area contributed by atoms with Gasteiger partial charge in [0.1, 0.15) is 11.5 Å². The van der Waals surface area contributed by atoms with E-state index >= 15 is 0 Å². The molecule has 1 N–H and O–H groups in total. The Balaban J connectivity index is 1.39. The lowest BCUT2D eigenvalue weighted by molar-refractivity contribution is 0.0645. The van der Waals surface area contributed by atoms with E-state index in [1.165, 1.54) is 0 Å². The number of H-pyrrole nitrogens is 1. The van der Waals surface area contributed by atoms with Gasteiger partial charge in [-0.3, -0.25) is 19.7 Å². The van der Waals surface area contributed by atoms with Crippen molar-refractivity contribution >= 4 is 11.7 Å². The largest absolute Gasteiger partial charge is 0.460 e. The van der Waals surface area contributed by atoms with Crippen LogP contribution in [-0.2, 0) is 0 Å². The standard InChI is InChI=1S/C20H20N4O3/c1-13-4-5-18(27-13)16-11-17(23-22-16)20(26)24-9-6-14(7-10-24)19(25)15-3-2-8-21-12-15/h2-5,8,11-12,14H,6-7,9-10H2,1H3,(H,22,23). The number of ketones is 1. The van der Waals surface area contributed by atoms with Crippen LogP contribution in [0.1, 0.15) is 39.4 Å². The lowest BCUT2D eigenvalue weighted by Crippen LogP contribution is -2.40. The number of likely N-dealkylation sites (tertiary alicyclic amines) is 1. The molecule has 27 heavy (non-hydrogen) atoms. The van der Waals surface area contributed by atoms with Gasteiger partial charge in [-0.15, -0.1) is 0 Å². The molecule has 0 aromatic carbocycles. The topological polar surface area (TPSA) is 92.1 Å². The molecular weight excluding hydrogens is 344 g/mol. The van der Waals surface area contributed by atoms with E-state index < -0.39 is 0 Å². The number of aryl methyl sites for hydroxylation is 1. The van der Waals surface area contributed by atoms with Gasteiger partial charge in [0.25, 0.3) is 5.91 Å². The lowest BCUT2D eigenvalue weighted by atomic mass is 9.89. The molecule has 0 saturated carbocycles. The van der Waals surface area contributed by atoms with Crippen molar-refractivity contribution in [3.05, 3.63) is 59.7 Å². The molecule has 1 saturated heterocycles. The van der Waals surface area contributed by atoms with E-state index in [1.807, 2.05) is 19.1 Å². The number of hydrogen-bond donors (Lipinski definition) is 1. The van der Waals surface area contributed by atoms with Crippen molar-refractivity contribution in [3.63, 3.8) is 0 Å². The molecule has 1 aliphatic heterocycles. The van der Waals surface area contributed by atoms with Gasteiger partial charge in [0, 0.05) is 43.0 Å². The molecule has 3 aromatic heterocycles. The first-order chi connectivity index (χ1) is 13.1. The van der Waals surface area contributed by atoms with Crippen molar-refractivity contribution in [2.45, 2.75) is 19.8 Å². The summed E-state index contributed by atoms with van der Waals surface area (Å²) >= 11 is 0. The monoisotopic (exact) mass is 364 g/mol. The predicted octanol–water partition coefficient (Wildman–Crippen LogP) is 3.11. The number of furan rings is 1. The second-order valence-corrected chi connectivity index (χ2v) is 6.75. The number of hydrogen-bond acceptors (Lipinski definition) is 5. The molecule has 138 valence electrons. The van der Waals surface area contributed by atoms with Gasteiger partial charge in [-0.25, -0.2) is 0 Å². The zero-order valence-electron chi connectivity index (χ0n) is 15.0. The molecule has 1 fully saturated rings. The molecule has 0 bridgehead atoms. The van der Waals surface area contributed by atoms with Crippen LogP contribution >= 0.6 is 0 Å². The maximum Gasteiger partial charge on any atom is 0.274 e. The fourth-order valence-electron chi connectivity index (χ4n) is 3.39.